The van der Waals surface area contributed by atoms with Crippen molar-refractivity contribution >= 4 is 17.3 Å². The molecule has 2 rings (SSSR count). The Morgan fingerprint density at radius 3 is 3.10 bits per heavy atom. The Morgan fingerprint density at radius 2 is 2.40 bits per heavy atom. The van der Waals surface area contributed by atoms with Gasteiger partial charge in [-0.1, -0.05) is 11.2 Å². The van der Waals surface area contributed by atoms with Crippen molar-refractivity contribution in [1.82, 2.24) is 15.0 Å². The molecule has 0 bridgehead atoms. The van der Waals surface area contributed by atoms with Gasteiger partial charge in [-0.05, 0) is 25.4 Å². The summed E-state index contributed by atoms with van der Waals surface area (Å²) < 4.78 is 10.1. The van der Waals surface area contributed by atoms with Crippen LogP contribution in [0.2, 0.25) is 0 Å². The first kappa shape index (κ1) is 14.7. The second-order valence-corrected chi connectivity index (χ2v) is 5.23. The van der Waals surface area contributed by atoms with Gasteiger partial charge in [-0.15, -0.1) is 11.3 Å². The van der Waals surface area contributed by atoms with E-state index in [1.807, 2.05) is 29.5 Å². The highest BCUT2D eigenvalue weighted by Gasteiger charge is 2.12. The van der Waals surface area contributed by atoms with Gasteiger partial charge in [0, 0.05) is 6.54 Å². The molecule has 0 aromatic carbocycles. The maximum Gasteiger partial charge on any atom is 0.307 e. The molecule has 0 amide bonds. The Labute approximate surface area is 121 Å². The molecule has 0 radical (unpaired) electrons. The average Bonchev–Trinajstić information content (AvgIpc) is 3.07. The number of nitrogens with zero attached hydrogens (tertiary/aromatic N) is 3. The molecule has 0 unspecified atom stereocenters. The molecule has 2 heterocycles. The number of ether oxygens (including phenoxy) is 1. The monoisotopic (exact) mass is 295 g/mol. The summed E-state index contributed by atoms with van der Waals surface area (Å²) in [6.07, 6.45) is 0.361. The highest BCUT2D eigenvalue weighted by atomic mass is 32.1. The Morgan fingerprint density at radius 1 is 1.55 bits per heavy atom. The summed E-state index contributed by atoms with van der Waals surface area (Å²) in [5, 5.41) is 5.90. The van der Waals surface area contributed by atoms with Crippen LogP contribution in [0.15, 0.2) is 22.0 Å². The van der Waals surface area contributed by atoms with Crippen LogP contribution in [0.3, 0.4) is 0 Å². The highest BCUT2D eigenvalue weighted by Crippen LogP contribution is 2.22. The van der Waals surface area contributed by atoms with Gasteiger partial charge in [-0.2, -0.15) is 4.98 Å². The van der Waals surface area contributed by atoms with Crippen LogP contribution in [-0.2, 0) is 16.1 Å². The molecule has 108 valence electrons. The smallest absolute Gasteiger partial charge is 0.307 e. The number of carbonyl (C=O) groups excluding carboxylic acids is 1. The van der Waals surface area contributed by atoms with Crippen LogP contribution in [0, 0.1) is 0 Å². The van der Waals surface area contributed by atoms with E-state index in [4.69, 9.17) is 9.26 Å². The van der Waals surface area contributed by atoms with Gasteiger partial charge in [-0.3, -0.25) is 9.69 Å². The van der Waals surface area contributed by atoms with Crippen molar-refractivity contribution in [2.45, 2.75) is 19.9 Å². The van der Waals surface area contributed by atoms with Crippen molar-refractivity contribution < 1.29 is 14.1 Å². The Kier molecular flexibility index (Phi) is 5.25. The van der Waals surface area contributed by atoms with Crippen LogP contribution >= 0.6 is 11.3 Å². The molecule has 7 heteroatoms. The minimum absolute atomic E-state index is 0.188. The van der Waals surface area contributed by atoms with Gasteiger partial charge in [-0.25, -0.2) is 0 Å². The van der Waals surface area contributed by atoms with Crippen LogP contribution < -0.4 is 0 Å². The van der Waals surface area contributed by atoms with E-state index in [0.29, 0.717) is 37.8 Å². The van der Waals surface area contributed by atoms with E-state index in [1.54, 1.807) is 18.3 Å². The molecule has 0 aliphatic heterocycles. The third-order valence-electron chi connectivity index (χ3n) is 2.61. The summed E-state index contributed by atoms with van der Waals surface area (Å²) in [7, 11) is 1.90. The van der Waals surface area contributed by atoms with E-state index in [9.17, 15) is 4.79 Å². The lowest BCUT2D eigenvalue weighted by molar-refractivity contribution is -0.143. The standard InChI is InChI=1S/C13H17N3O3S/c1-3-18-12(17)6-7-16(2)9-11-14-13(19-15-11)10-5-4-8-20-10/h4-5,8H,3,6-7,9H2,1-2H3. The van der Waals surface area contributed by atoms with E-state index in [0.717, 1.165) is 4.88 Å². The fourth-order valence-electron chi connectivity index (χ4n) is 1.65. The number of rotatable bonds is 7. The van der Waals surface area contributed by atoms with Gasteiger partial charge < -0.3 is 9.26 Å². The number of esters is 1. The van der Waals surface area contributed by atoms with Crippen molar-refractivity contribution in [2.75, 3.05) is 20.2 Å². The maximum atomic E-state index is 11.3. The lowest BCUT2D eigenvalue weighted by atomic mass is 10.4. The van der Waals surface area contributed by atoms with Gasteiger partial charge in [0.1, 0.15) is 0 Å². The molecule has 0 saturated heterocycles. The summed E-state index contributed by atoms with van der Waals surface area (Å²) in [5.74, 6) is 0.959. The highest BCUT2D eigenvalue weighted by molar-refractivity contribution is 7.13. The normalized spacial score (nSPS) is 10.9. The largest absolute Gasteiger partial charge is 0.466 e. The van der Waals surface area contributed by atoms with E-state index in [-0.39, 0.29) is 5.97 Å². The first-order chi connectivity index (χ1) is 9.69. The number of hydrogen-bond acceptors (Lipinski definition) is 7. The molecule has 2 aromatic rings. The summed E-state index contributed by atoms with van der Waals surface area (Å²) >= 11 is 1.56. The van der Waals surface area contributed by atoms with Gasteiger partial charge in [0.25, 0.3) is 5.89 Å². The van der Waals surface area contributed by atoms with Crippen molar-refractivity contribution in [3.8, 4) is 10.8 Å². The molecular formula is C13H17N3O3S. The molecule has 20 heavy (non-hydrogen) atoms. The van der Waals surface area contributed by atoms with E-state index in [2.05, 4.69) is 10.1 Å². The Bertz CT molecular complexity index is 539. The number of thiophene rings is 1. The third kappa shape index (κ3) is 4.14. The first-order valence-electron chi connectivity index (χ1n) is 6.39. The molecule has 0 saturated carbocycles. The fraction of sp³-hybridized carbons (Fsp3) is 0.462. The number of carbonyl (C=O) groups is 1. The maximum absolute atomic E-state index is 11.3. The zero-order chi connectivity index (χ0) is 14.4. The van der Waals surface area contributed by atoms with E-state index >= 15 is 0 Å². The summed E-state index contributed by atoms with van der Waals surface area (Å²) in [6.45, 7) is 3.35. The molecule has 0 aliphatic carbocycles. The molecule has 0 atom stereocenters. The zero-order valence-electron chi connectivity index (χ0n) is 11.5. The van der Waals surface area contributed by atoms with E-state index < -0.39 is 0 Å². The Hall–Kier alpha value is -1.73. The topological polar surface area (TPSA) is 68.5 Å². The Balaban J connectivity index is 1.83. The molecular weight excluding hydrogens is 278 g/mol. The SMILES string of the molecule is CCOC(=O)CCN(C)Cc1noc(-c2cccs2)n1. The van der Waals surface area contributed by atoms with Crippen LogP contribution in [-0.4, -0.2) is 41.2 Å². The second-order valence-electron chi connectivity index (χ2n) is 4.29. The second kappa shape index (κ2) is 7.16. The van der Waals surface area contributed by atoms with Crippen LogP contribution in [0.5, 0.6) is 0 Å². The van der Waals surface area contributed by atoms with Crippen LogP contribution in [0.4, 0.5) is 0 Å². The predicted molar refractivity (Wildman–Crippen MR) is 75.2 cm³/mol. The molecule has 2 aromatic heterocycles. The molecule has 0 aliphatic rings. The van der Waals surface area contributed by atoms with Gasteiger partial charge in [0.05, 0.1) is 24.4 Å². The lowest BCUT2D eigenvalue weighted by Gasteiger charge is -2.13. The third-order valence-corrected chi connectivity index (χ3v) is 3.47. The molecule has 6 nitrogen and oxygen atoms in total. The predicted octanol–water partition coefficient (Wildman–Crippen LogP) is 2.18. The summed E-state index contributed by atoms with van der Waals surface area (Å²) in [6, 6.07) is 3.88. The first-order valence-corrected chi connectivity index (χ1v) is 7.27. The van der Waals surface area contributed by atoms with E-state index in [1.165, 1.54) is 0 Å². The van der Waals surface area contributed by atoms with Crippen molar-refractivity contribution in [3.05, 3.63) is 23.3 Å². The van der Waals surface area contributed by atoms with Gasteiger partial charge >= 0.3 is 5.97 Å². The minimum Gasteiger partial charge on any atom is -0.466 e. The molecule has 0 fully saturated rings. The van der Waals surface area contributed by atoms with Crippen molar-refractivity contribution in [2.24, 2.45) is 0 Å². The lowest BCUT2D eigenvalue weighted by Crippen LogP contribution is -2.22. The molecule has 0 spiro atoms. The molecule has 0 N–H and O–H groups in total. The minimum atomic E-state index is -0.188. The number of hydrogen-bond donors (Lipinski definition) is 0. The quantitative estimate of drug-likeness (QED) is 0.729. The summed E-state index contributed by atoms with van der Waals surface area (Å²) in [4.78, 5) is 18.5. The average molecular weight is 295 g/mol. The van der Waals surface area contributed by atoms with Crippen molar-refractivity contribution in [1.29, 1.82) is 0 Å². The van der Waals surface area contributed by atoms with Gasteiger partial charge in [0.2, 0.25) is 0 Å². The van der Waals surface area contributed by atoms with Crippen LogP contribution in [0.1, 0.15) is 19.2 Å². The number of aromatic nitrogens is 2. The zero-order valence-corrected chi connectivity index (χ0v) is 12.4. The van der Waals surface area contributed by atoms with Gasteiger partial charge in [0.15, 0.2) is 5.82 Å². The van der Waals surface area contributed by atoms with Crippen molar-refractivity contribution in [3.63, 3.8) is 0 Å². The van der Waals surface area contributed by atoms with Crippen LogP contribution in [0.25, 0.3) is 10.8 Å². The summed E-state index contributed by atoms with van der Waals surface area (Å²) in [5.41, 5.74) is 0. The fourth-order valence-corrected chi connectivity index (χ4v) is 2.30.